The fourth-order valence-electron chi connectivity index (χ4n) is 3.98. The van der Waals surface area contributed by atoms with Crippen LogP contribution < -0.4 is 19.4 Å². The molecule has 0 radical (unpaired) electrons. The molecule has 0 saturated heterocycles. The lowest BCUT2D eigenvalue weighted by molar-refractivity contribution is -0.762. The second kappa shape index (κ2) is 10.7. The molecule has 1 amide bonds. The predicted molar refractivity (Wildman–Crippen MR) is 132 cm³/mol. The number of anilines is 1. The molecule has 0 N–H and O–H groups in total. The van der Waals surface area contributed by atoms with Crippen LogP contribution in [0.1, 0.15) is 44.8 Å². The van der Waals surface area contributed by atoms with Crippen molar-refractivity contribution in [2.45, 2.75) is 44.4 Å². The van der Waals surface area contributed by atoms with E-state index in [9.17, 15) is 9.90 Å². The lowest BCUT2D eigenvalue weighted by atomic mass is 10.0. The highest BCUT2D eigenvalue weighted by Gasteiger charge is 2.41. The summed E-state index contributed by atoms with van der Waals surface area (Å²) in [6.07, 6.45) is 6.48. The second-order valence-corrected chi connectivity index (χ2v) is 9.06. The van der Waals surface area contributed by atoms with Crippen molar-refractivity contribution in [3.05, 3.63) is 60.2 Å². The molecule has 1 aromatic heterocycles. The van der Waals surface area contributed by atoms with Gasteiger partial charge in [-0.2, -0.15) is 0 Å². The molecule has 1 aliphatic rings. The number of hydrogen-bond donors (Lipinski definition) is 0. The van der Waals surface area contributed by atoms with Gasteiger partial charge in [0.15, 0.2) is 0 Å². The third-order valence-electron chi connectivity index (χ3n) is 5.65. The highest BCUT2D eigenvalue weighted by atomic mass is 32.2. The summed E-state index contributed by atoms with van der Waals surface area (Å²) in [5, 5.41) is 18.3. The average Bonchev–Trinajstić information content (AvgIpc) is 2.85. The van der Waals surface area contributed by atoms with E-state index in [0.29, 0.717) is 22.1 Å². The van der Waals surface area contributed by atoms with Gasteiger partial charge in [-0.25, -0.2) is 9.88 Å². The number of methoxy groups -OCH3 is 1. The molecule has 1 atom stereocenters. The van der Waals surface area contributed by atoms with Gasteiger partial charge in [0.25, 0.3) is 17.0 Å². The number of carbonyl (C=O) groups is 1. The maximum atomic E-state index is 13.2. The highest BCUT2D eigenvalue weighted by molar-refractivity contribution is 7.99. The van der Waals surface area contributed by atoms with Gasteiger partial charge >= 0.3 is 0 Å². The first kappa shape index (κ1) is 23.8. The number of unbranched alkanes of at least 4 members (excludes halogenated alkanes) is 2. The van der Waals surface area contributed by atoms with Crippen LogP contribution in [0.4, 0.5) is 5.69 Å². The Hall–Kier alpha value is -3.39. The van der Waals surface area contributed by atoms with E-state index >= 15 is 0 Å². The molecule has 2 heterocycles. The van der Waals surface area contributed by atoms with Gasteiger partial charge in [-0.05, 0) is 36.2 Å². The maximum absolute atomic E-state index is 13.2. The van der Waals surface area contributed by atoms with Crippen molar-refractivity contribution in [1.82, 2.24) is 10.1 Å². The monoisotopic (exact) mass is 476 g/mol. The van der Waals surface area contributed by atoms with Gasteiger partial charge in [0.1, 0.15) is 5.75 Å². The number of ether oxygens (including phenoxy) is 1. The van der Waals surface area contributed by atoms with E-state index in [4.69, 9.17) is 9.84 Å². The zero-order valence-electron chi connectivity index (χ0n) is 19.6. The Balaban J connectivity index is 1.79. The third kappa shape index (κ3) is 4.92. The van der Waals surface area contributed by atoms with Gasteiger partial charge in [0, 0.05) is 23.9 Å². The summed E-state index contributed by atoms with van der Waals surface area (Å²) in [6, 6.07) is 15.0. The summed E-state index contributed by atoms with van der Waals surface area (Å²) in [6.45, 7) is 3.68. The minimum Gasteiger partial charge on any atom is -0.854 e. The Bertz CT molecular complexity index is 1200. The van der Waals surface area contributed by atoms with E-state index in [2.05, 4.69) is 11.9 Å². The van der Waals surface area contributed by atoms with Crippen LogP contribution in [0.5, 0.6) is 11.6 Å². The van der Waals surface area contributed by atoms with Crippen LogP contribution in [-0.2, 0) is 4.79 Å². The lowest BCUT2D eigenvalue weighted by Crippen LogP contribution is -2.57. The van der Waals surface area contributed by atoms with Crippen molar-refractivity contribution >= 4 is 29.4 Å². The molecule has 4 rings (SSSR count). The molecule has 2 aromatic carbocycles. The van der Waals surface area contributed by atoms with Crippen LogP contribution in [0.3, 0.4) is 0 Å². The van der Waals surface area contributed by atoms with E-state index < -0.39 is 6.17 Å². The Morgan fingerprint density at radius 2 is 1.97 bits per heavy atom. The third-order valence-corrected chi connectivity index (χ3v) is 6.57. The minimum atomic E-state index is -0.602. The molecular weight excluding hydrogens is 448 g/mol. The first-order chi connectivity index (χ1) is 16.5. The van der Waals surface area contributed by atoms with E-state index in [1.807, 2.05) is 60.7 Å². The zero-order valence-corrected chi connectivity index (χ0v) is 20.4. The van der Waals surface area contributed by atoms with Crippen LogP contribution in [0.15, 0.2) is 59.8 Å². The number of amides is 1. The summed E-state index contributed by atoms with van der Waals surface area (Å²) in [4.78, 5) is 18.8. The number of thioether (sulfide) groups is 1. The van der Waals surface area contributed by atoms with Gasteiger partial charge in [-0.3, -0.25) is 4.79 Å². The molecule has 7 nitrogen and oxygen atoms in total. The molecule has 0 aliphatic carbocycles. The molecule has 0 saturated carbocycles. The fraction of sp³-hybridized carbons (Fsp3) is 0.308. The van der Waals surface area contributed by atoms with E-state index in [-0.39, 0.29) is 11.8 Å². The van der Waals surface area contributed by atoms with E-state index in [1.54, 1.807) is 16.7 Å². The molecule has 0 spiro atoms. The largest absolute Gasteiger partial charge is 0.854 e. The Labute approximate surface area is 204 Å². The number of rotatable bonds is 8. The van der Waals surface area contributed by atoms with Crippen LogP contribution in [0.25, 0.3) is 17.3 Å². The second-order valence-electron chi connectivity index (χ2n) is 8.00. The number of nitrogens with zero attached hydrogens (tertiary/aromatic N) is 4. The summed E-state index contributed by atoms with van der Waals surface area (Å²) in [7, 11) is 1.63. The van der Waals surface area contributed by atoms with E-state index in [1.165, 1.54) is 18.7 Å². The zero-order chi connectivity index (χ0) is 24.1. The van der Waals surface area contributed by atoms with Crippen LogP contribution >= 0.6 is 11.8 Å². The number of aromatic nitrogens is 3. The number of benzene rings is 2. The van der Waals surface area contributed by atoms with Gasteiger partial charge in [0.05, 0.1) is 24.2 Å². The highest BCUT2D eigenvalue weighted by Crippen LogP contribution is 2.39. The molecule has 0 bridgehead atoms. The molecular formula is C26H28N4O3S. The number of carbonyl (C=O) groups excluding carboxylic acids is 1. The normalized spacial score (nSPS) is 14.7. The van der Waals surface area contributed by atoms with Crippen LogP contribution in [0.2, 0.25) is 0 Å². The Morgan fingerprint density at radius 3 is 2.68 bits per heavy atom. The molecule has 34 heavy (non-hydrogen) atoms. The standard InChI is InChI=1S/C26H28N4O3S/c1-4-5-8-17-34-26-27-25(32)24-21-9-6-7-10-22(21)29(18(2)31)23(30(24)28-26)16-13-19-11-14-20(33-3)15-12-19/h6-7,9-16,23H,4-5,8,17H2,1-3H3/b16-13+. The first-order valence-corrected chi connectivity index (χ1v) is 12.4. The van der Waals surface area contributed by atoms with Crippen molar-refractivity contribution in [3.8, 4) is 22.9 Å². The van der Waals surface area contributed by atoms with Crippen molar-refractivity contribution in [3.63, 3.8) is 0 Å². The molecule has 8 heteroatoms. The molecule has 3 aromatic rings. The Morgan fingerprint density at radius 1 is 1.21 bits per heavy atom. The predicted octanol–water partition coefficient (Wildman–Crippen LogP) is 4.37. The minimum absolute atomic E-state index is 0.141. The van der Waals surface area contributed by atoms with Crippen molar-refractivity contribution in [1.29, 1.82) is 0 Å². The summed E-state index contributed by atoms with van der Waals surface area (Å²) in [5.41, 5.74) is 2.65. The topological polar surface area (TPSA) is 82.3 Å². The summed E-state index contributed by atoms with van der Waals surface area (Å²) >= 11 is 1.47. The lowest BCUT2D eigenvalue weighted by Gasteiger charge is -2.31. The van der Waals surface area contributed by atoms with Crippen molar-refractivity contribution in [2.75, 3.05) is 17.8 Å². The molecule has 1 aliphatic heterocycles. The molecule has 0 fully saturated rings. The van der Waals surface area contributed by atoms with Crippen LogP contribution in [-0.4, -0.2) is 28.9 Å². The van der Waals surface area contributed by atoms with Gasteiger partial charge in [-0.1, -0.05) is 66.6 Å². The summed E-state index contributed by atoms with van der Waals surface area (Å²) < 4.78 is 6.88. The van der Waals surface area contributed by atoms with Crippen molar-refractivity contribution in [2.24, 2.45) is 0 Å². The van der Waals surface area contributed by atoms with Crippen LogP contribution in [0, 0.1) is 0 Å². The van der Waals surface area contributed by atoms with Gasteiger partial charge in [-0.15, -0.1) is 0 Å². The quantitative estimate of drug-likeness (QED) is 0.273. The smallest absolute Gasteiger partial charge is 0.286 e. The Kier molecular flexibility index (Phi) is 7.47. The SMILES string of the molecule is CCCCCSc1nc([O-])c2[n+](n1)C(/C=C/c1ccc(OC)cc1)N(C(C)=O)c1ccccc1-2. The first-order valence-electron chi connectivity index (χ1n) is 11.4. The number of fused-ring (bicyclic) bond motifs is 3. The molecule has 176 valence electrons. The van der Waals surface area contributed by atoms with Gasteiger partial charge < -0.3 is 9.84 Å². The fourth-order valence-corrected chi connectivity index (χ4v) is 4.80. The maximum Gasteiger partial charge on any atom is 0.286 e. The molecule has 1 unspecified atom stereocenters. The number of para-hydroxylation sites is 1. The summed E-state index contributed by atoms with van der Waals surface area (Å²) in [5.74, 6) is 1.12. The van der Waals surface area contributed by atoms with E-state index in [0.717, 1.165) is 36.3 Å². The number of hydrogen-bond acceptors (Lipinski definition) is 6. The van der Waals surface area contributed by atoms with Gasteiger partial charge in [0.2, 0.25) is 5.91 Å². The average molecular weight is 477 g/mol. The van der Waals surface area contributed by atoms with Crippen molar-refractivity contribution < 1.29 is 19.3 Å².